The Morgan fingerprint density at radius 2 is 2.12 bits per heavy atom. The molecule has 1 aliphatic rings. The van der Waals surface area contributed by atoms with Gasteiger partial charge in [0.15, 0.2) is 0 Å². The normalized spacial score (nSPS) is 39.6. The third-order valence-electron chi connectivity index (χ3n) is 1.87. The molecule has 8 heavy (non-hydrogen) atoms. The second-order valence-electron chi connectivity index (χ2n) is 2.87. The summed E-state index contributed by atoms with van der Waals surface area (Å²) < 4.78 is 0. The molecule has 0 aliphatic heterocycles. The fraction of sp³-hybridized carbons (Fsp3) is 1.00. The van der Waals surface area contributed by atoms with Gasteiger partial charge in [-0.3, -0.25) is 0 Å². The quantitative estimate of drug-likeness (QED) is 0.388. The summed E-state index contributed by atoms with van der Waals surface area (Å²) in [4.78, 5) is 0.825. The highest BCUT2D eigenvalue weighted by Crippen LogP contribution is 2.30. The molecule has 0 bridgehead atoms. The molecular formula is C6H12BBr. The maximum absolute atomic E-state index is 3.63. The number of hydrogen-bond donors (Lipinski definition) is 0. The summed E-state index contributed by atoms with van der Waals surface area (Å²) in [5, 5.41) is 0. The Morgan fingerprint density at radius 3 is 2.50 bits per heavy atom. The number of alkyl halides is 1. The van der Waals surface area contributed by atoms with E-state index in [2.05, 4.69) is 23.8 Å². The number of hydrogen-bond acceptors (Lipinski definition) is 0. The topological polar surface area (TPSA) is 0 Å². The van der Waals surface area contributed by atoms with Crippen molar-refractivity contribution in [1.29, 1.82) is 0 Å². The maximum atomic E-state index is 3.63. The zero-order valence-electron chi connectivity index (χ0n) is 5.36. The van der Waals surface area contributed by atoms with Crippen LogP contribution in [-0.2, 0) is 0 Å². The molecule has 0 N–H and O–H groups in total. The van der Waals surface area contributed by atoms with Gasteiger partial charge in [0.2, 0.25) is 0 Å². The van der Waals surface area contributed by atoms with Crippen LogP contribution >= 0.6 is 15.9 Å². The van der Waals surface area contributed by atoms with E-state index in [1.807, 2.05) is 0 Å². The minimum Gasteiger partial charge on any atom is -0.0891 e. The van der Waals surface area contributed by atoms with Gasteiger partial charge in [-0.1, -0.05) is 34.6 Å². The molecule has 0 heterocycles. The minimum atomic E-state index is 0.825. The average Bonchev–Trinajstić information content (AvgIpc) is 1.64. The first-order chi connectivity index (χ1) is 3.79. The van der Waals surface area contributed by atoms with E-state index in [1.54, 1.807) is 0 Å². The molecule has 0 nitrogen and oxygen atoms in total. The van der Waals surface area contributed by atoms with Gasteiger partial charge in [-0.05, 0) is 12.8 Å². The summed E-state index contributed by atoms with van der Waals surface area (Å²) in [5.41, 5.74) is 0. The summed E-state index contributed by atoms with van der Waals surface area (Å²) in [6.45, 7) is 0. The average molecular weight is 175 g/mol. The van der Waals surface area contributed by atoms with Crippen LogP contribution in [0.15, 0.2) is 0 Å². The fourth-order valence-corrected chi connectivity index (χ4v) is 2.32. The highest BCUT2D eigenvalue weighted by molar-refractivity contribution is 9.09. The Balaban J connectivity index is 2.23. The standard InChI is InChI=1S/C6H12BBr/c7-5-2-1-3-6(8)4-5/h5-6H,1-4,7H2. The van der Waals surface area contributed by atoms with Crippen molar-refractivity contribution in [2.75, 3.05) is 0 Å². The van der Waals surface area contributed by atoms with Gasteiger partial charge in [-0.25, -0.2) is 0 Å². The molecule has 1 rings (SSSR count). The second kappa shape index (κ2) is 2.91. The predicted octanol–water partition coefficient (Wildman–Crippen LogP) is 1.75. The molecule has 1 aliphatic carbocycles. The SMILES string of the molecule is BC1CCCC(Br)C1. The lowest BCUT2D eigenvalue weighted by molar-refractivity contribution is 0.521. The third-order valence-corrected chi connectivity index (χ3v) is 2.70. The van der Waals surface area contributed by atoms with Crippen molar-refractivity contribution in [3.05, 3.63) is 0 Å². The van der Waals surface area contributed by atoms with Crippen LogP contribution in [0.3, 0.4) is 0 Å². The first kappa shape index (κ1) is 6.66. The van der Waals surface area contributed by atoms with E-state index in [0.717, 1.165) is 10.6 Å². The summed E-state index contributed by atoms with van der Waals surface area (Å²) >= 11 is 3.63. The van der Waals surface area contributed by atoms with E-state index in [0.29, 0.717) is 0 Å². The van der Waals surface area contributed by atoms with Crippen LogP contribution in [0.1, 0.15) is 25.7 Å². The van der Waals surface area contributed by atoms with Gasteiger partial charge in [0, 0.05) is 4.83 Å². The van der Waals surface area contributed by atoms with Crippen LogP contribution in [0.2, 0.25) is 5.82 Å². The third kappa shape index (κ3) is 1.81. The Bertz CT molecular complexity index is 66.9. The van der Waals surface area contributed by atoms with Crippen molar-refractivity contribution >= 4 is 23.8 Å². The van der Waals surface area contributed by atoms with Crippen molar-refractivity contribution < 1.29 is 0 Å². The summed E-state index contributed by atoms with van der Waals surface area (Å²) in [6.07, 6.45) is 5.66. The largest absolute Gasteiger partial charge is 0.105 e. The van der Waals surface area contributed by atoms with Gasteiger partial charge in [0.05, 0.1) is 0 Å². The lowest BCUT2D eigenvalue weighted by atomic mass is 9.75. The molecule has 0 aromatic rings. The Morgan fingerprint density at radius 1 is 1.38 bits per heavy atom. The van der Waals surface area contributed by atoms with E-state index >= 15 is 0 Å². The molecule has 1 saturated carbocycles. The van der Waals surface area contributed by atoms with E-state index in [-0.39, 0.29) is 0 Å². The maximum Gasteiger partial charge on any atom is 0.105 e. The Kier molecular flexibility index (Phi) is 2.42. The first-order valence-electron chi connectivity index (χ1n) is 3.43. The van der Waals surface area contributed by atoms with Crippen molar-refractivity contribution in [2.45, 2.75) is 36.3 Å². The van der Waals surface area contributed by atoms with Gasteiger partial charge in [-0.2, -0.15) is 0 Å². The lowest BCUT2D eigenvalue weighted by Crippen LogP contribution is -2.10. The molecule has 1 fully saturated rings. The molecule has 0 amide bonds. The van der Waals surface area contributed by atoms with Crippen LogP contribution < -0.4 is 0 Å². The molecule has 2 unspecified atom stereocenters. The molecule has 2 heteroatoms. The predicted molar refractivity (Wildman–Crippen MR) is 43.5 cm³/mol. The molecule has 0 aromatic heterocycles. The van der Waals surface area contributed by atoms with E-state index < -0.39 is 0 Å². The smallest absolute Gasteiger partial charge is 0.0891 e. The Hall–Kier alpha value is 0.545. The molecule has 0 spiro atoms. The van der Waals surface area contributed by atoms with Crippen LogP contribution in [0, 0.1) is 0 Å². The van der Waals surface area contributed by atoms with Gasteiger partial charge >= 0.3 is 0 Å². The van der Waals surface area contributed by atoms with Crippen molar-refractivity contribution in [3.8, 4) is 0 Å². The van der Waals surface area contributed by atoms with Crippen molar-refractivity contribution in [1.82, 2.24) is 0 Å². The van der Waals surface area contributed by atoms with Crippen LogP contribution in [-0.4, -0.2) is 12.7 Å². The van der Waals surface area contributed by atoms with Crippen molar-refractivity contribution in [3.63, 3.8) is 0 Å². The van der Waals surface area contributed by atoms with Gasteiger partial charge in [-0.15, -0.1) is 0 Å². The highest BCUT2D eigenvalue weighted by Gasteiger charge is 2.14. The Labute approximate surface area is 60.6 Å². The van der Waals surface area contributed by atoms with Gasteiger partial charge in [0.1, 0.15) is 7.85 Å². The zero-order valence-corrected chi connectivity index (χ0v) is 6.95. The molecule has 0 saturated heterocycles. The monoisotopic (exact) mass is 174 g/mol. The van der Waals surface area contributed by atoms with Crippen LogP contribution in [0.5, 0.6) is 0 Å². The lowest BCUT2D eigenvalue weighted by Gasteiger charge is -2.21. The van der Waals surface area contributed by atoms with Crippen LogP contribution in [0.25, 0.3) is 0 Å². The highest BCUT2D eigenvalue weighted by atomic mass is 79.9. The van der Waals surface area contributed by atoms with Gasteiger partial charge < -0.3 is 0 Å². The molecular weight excluding hydrogens is 163 g/mol. The number of rotatable bonds is 0. The molecule has 0 radical (unpaired) electrons. The second-order valence-corrected chi connectivity index (χ2v) is 4.16. The zero-order chi connectivity index (χ0) is 5.98. The fourth-order valence-electron chi connectivity index (χ4n) is 1.36. The van der Waals surface area contributed by atoms with Crippen molar-refractivity contribution in [2.24, 2.45) is 0 Å². The molecule has 2 atom stereocenters. The number of halogens is 1. The minimum absolute atomic E-state index is 0.825. The summed E-state index contributed by atoms with van der Waals surface area (Å²) in [5.74, 6) is 0.966. The van der Waals surface area contributed by atoms with E-state index in [4.69, 9.17) is 0 Å². The van der Waals surface area contributed by atoms with E-state index in [9.17, 15) is 0 Å². The van der Waals surface area contributed by atoms with Crippen LogP contribution in [0.4, 0.5) is 0 Å². The van der Waals surface area contributed by atoms with E-state index in [1.165, 1.54) is 25.7 Å². The first-order valence-corrected chi connectivity index (χ1v) is 4.34. The summed E-state index contributed by atoms with van der Waals surface area (Å²) in [7, 11) is 2.34. The molecule has 0 aromatic carbocycles. The van der Waals surface area contributed by atoms with Gasteiger partial charge in [0.25, 0.3) is 0 Å². The molecule has 46 valence electrons. The summed E-state index contributed by atoms with van der Waals surface area (Å²) in [6, 6.07) is 0.